The summed E-state index contributed by atoms with van der Waals surface area (Å²) in [5.74, 6) is -0.645. The third-order valence-corrected chi connectivity index (χ3v) is 3.12. The molecule has 0 spiro atoms. The van der Waals surface area contributed by atoms with Gasteiger partial charge in [0, 0.05) is 6.20 Å². The van der Waals surface area contributed by atoms with Gasteiger partial charge in [-0.3, -0.25) is 24.7 Å². The van der Waals surface area contributed by atoms with Gasteiger partial charge in [0.05, 0.1) is 23.4 Å². The van der Waals surface area contributed by atoms with Gasteiger partial charge in [-0.15, -0.1) is 0 Å². The Morgan fingerprint density at radius 2 is 2.09 bits per heavy atom. The molecule has 0 saturated heterocycles. The number of nitrogens with zero attached hydrogens (tertiary/aromatic N) is 4. The molecule has 0 saturated carbocycles. The van der Waals surface area contributed by atoms with Crippen molar-refractivity contribution in [1.82, 2.24) is 20.0 Å². The predicted molar refractivity (Wildman–Crippen MR) is 81.0 cm³/mol. The molecular formula is C14H12N6O3. The highest BCUT2D eigenvalue weighted by Crippen LogP contribution is 2.16. The van der Waals surface area contributed by atoms with Crippen LogP contribution in [0.1, 0.15) is 16.1 Å². The third-order valence-electron chi connectivity index (χ3n) is 3.12. The van der Waals surface area contributed by atoms with Crippen molar-refractivity contribution in [2.24, 2.45) is 0 Å². The number of hydrogen-bond acceptors (Lipinski definition) is 5. The Morgan fingerprint density at radius 1 is 1.30 bits per heavy atom. The molecule has 1 aromatic carbocycles. The average Bonchev–Trinajstić information content (AvgIpc) is 3.17. The van der Waals surface area contributed by atoms with Gasteiger partial charge in [-0.05, 0) is 5.56 Å². The Kier molecular flexibility index (Phi) is 3.83. The molecule has 1 amide bonds. The van der Waals surface area contributed by atoms with Gasteiger partial charge < -0.3 is 5.32 Å². The quantitative estimate of drug-likeness (QED) is 0.550. The Labute approximate surface area is 130 Å². The molecule has 9 nitrogen and oxygen atoms in total. The molecule has 0 atom stereocenters. The summed E-state index contributed by atoms with van der Waals surface area (Å²) in [5, 5.41) is 23.3. The highest BCUT2D eigenvalue weighted by Gasteiger charge is 2.23. The van der Waals surface area contributed by atoms with Crippen LogP contribution < -0.4 is 5.32 Å². The fourth-order valence-electron chi connectivity index (χ4n) is 2.06. The van der Waals surface area contributed by atoms with Crippen LogP contribution in [0.3, 0.4) is 0 Å². The summed E-state index contributed by atoms with van der Waals surface area (Å²) >= 11 is 0. The summed E-state index contributed by atoms with van der Waals surface area (Å²) in [6.45, 7) is 0.556. The summed E-state index contributed by atoms with van der Waals surface area (Å²) in [7, 11) is 0. The minimum atomic E-state index is -0.669. The molecule has 116 valence electrons. The standard InChI is InChI=1S/C14H12N6O3/c21-14(13-12(20(22)23)7-15-18-13)17-11-6-16-19(9-11)8-10-4-2-1-3-5-10/h1-7,9H,8H2,(H,15,18)(H,17,21). The molecule has 0 aliphatic carbocycles. The number of carbonyl (C=O) groups excluding carboxylic acids is 1. The van der Waals surface area contributed by atoms with E-state index < -0.39 is 10.8 Å². The Bertz CT molecular complexity index is 839. The van der Waals surface area contributed by atoms with Crippen molar-refractivity contribution >= 4 is 17.3 Å². The predicted octanol–water partition coefficient (Wildman–Crippen LogP) is 1.81. The van der Waals surface area contributed by atoms with Crippen LogP contribution >= 0.6 is 0 Å². The number of amides is 1. The van der Waals surface area contributed by atoms with E-state index in [-0.39, 0.29) is 11.4 Å². The molecule has 23 heavy (non-hydrogen) atoms. The largest absolute Gasteiger partial charge is 0.319 e. The van der Waals surface area contributed by atoms with Gasteiger partial charge in [0.1, 0.15) is 6.20 Å². The average molecular weight is 312 g/mol. The molecule has 0 radical (unpaired) electrons. The zero-order valence-corrected chi connectivity index (χ0v) is 11.8. The van der Waals surface area contributed by atoms with Crippen molar-refractivity contribution in [3.05, 3.63) is 70.3 Å². The number of aromatic amines is 1. The molecular weight excluding hydrogens is 300 g/mol. The monoisotopic (exact) mass is 312 g/mol. The number of benzene rings is 1. The van der Waals surface area contributed by atoms with E-state index in [9.17, 15) is 14.9 Å². The van der Waals surface area contributed by atoms with Gasteiger partial charge in [-0.25, -0.2) is 0 Å². The van der Waals surface area contributed by atoms with E-state index in [1.54, 1.807) is 10.9 Å². The first kappa shape index (κ1) is 14.4. The molecule has 0 bridgehead atoms. The fourth-order valence-corrected chi connectivity index (χ4v) is 2.06. The van der Waals surface area contributed by atoms with Crippen LogP contribution in [0.4, 0.5) is 11.4 Å². The maximum absolute atomic E-state index is 12.0. The zero-order chi connectivity index (χ0) is 16.2. The van der Waals surface area contributed by atoms with Crippen LogP contribution in [0, 0.1) is 10.1 Å². The number of aromatic nitrogens is 4. The summed E-state index contributed by atoms with van der Waals surface area (Å²) in [5.41, 5.74) is 0.928. The number of rotatable bonds is 5. The highest BCUT2D eigenvalue weighted by molar-refractivity contribution is 6.05. The van der Waals surface area contributed by atoms with Crippen molar-refractivity contribution in [3.63, 3.8) is 0 Å². The SMILES string of the molecule is O=C(Nc1cnn(Cc2ccccc2)c1)c1[nH]ncc1[N+](=O)[O-]. The number of hydrogen-bond donors (Lipinski definition) is 2. The van der Waals surface area contributed by atoms with Crippen LogP contribution in [0.15, 0.2) is 48.9 Å². The molecule has 2 heterocycles. The normalized spacial score (nSPS) is 10.4. The van der Waals surface area contributed by atoms with E-state index in [0.717, 1.165) is 11.8 Å². The summed E-state index contributed by atoms with van der Waals surface area (Å²) in [6, 6.07) is 9.72. The summed E-state index contributed by atoms with van der Waals surface area (Å²) in [4.78, 5) is 22.2. The maximum atomic E-state index is 12.0. The van der Waals surface area contributed by atoms with Crippen molar-refractivity contribution in [2.45, 2.75) is 6.54 Å². The van der Waals surface area contributed by atoms with E-state index in [0.29, 0.717) is 12.2 Å². The number of carbonyl (C=O) groups is 1. The van der Waals surface area contributed by atoms with Crippen LogP contribution in [-0.4, -0.2) is 30.8 Å². The van der Waals surface area contributed by atoms with E-state index in [4.69, 9.17) is 0 Å². The first-order chi connectivity index (χ1) is 11.1. The lowest BCUT2D eigenvalue weighted by atomic mass is 10.2. The second-order valence-electron chi connectivity index (χ2n) is 4.75. The molecule has 3 rings (SSSR count). The molecule has 2 aromatic heterocycles. The molecule has 0 aliphatic rings. The fraction of sp³-hybridized carbons (Fsp3) is 0.0714. The van der Waals surface area contributed by atoms with E-state index >= 15 is 0 Å². The Balaban J connectivity index is 1.70. The van der Waals surface area contributed by atoms with Crippen LogP contribution in [0.25, 0.3) is 0 Å². The molecule has 0 unspecified atom stereocenters. The number of nitro groups is 1. The minimum absolute atomic E-state index is 0.203. The Hall–Kier alpha value is -3.49. The molecule has 3 aromatic rings. The number of anilines is 1. The molecule has 0 aliphatic heterocycles. The summed E-state index contributed by atoms with van der Waals surface area (Å²) in [6.07, 6.45) is 4.11. The van der Waals surface area contributed by atoms with Gasteiger partial charge in [-0.2, -0.15) is 10.2 Å². The molecule has 0 fully saturated rings. The van der Waals surface area contributed by atoms with Gasteiger partial charge in [0.25, 0.3) is 5.91 Å². The maximum Gasteiger partial charge on any atom is 0.319 e. The van der Waals surface area contributed by atoms with Crippen LogP contribution in [-0.2, 0) is 6.54 Å². The first-order valence-electron chi connectivity index (χ1n) is 6.69. The van der Waals surface area contributed by atoms with Gasteiger partial charge in [-0.1, -0.05) is 30.3 Å². The van der Waals surface area contributed by atoms with Gasteiger partial charge in [0.15, 0.2) is 0 Å². The van der Waals surface area contributed by atoms with Crippen molar-refractivity contribution in [2.75, 3.05) is 5.32 Å². The molecule has 9 heteroatoms. The van der Waals surface area contributed by atoms with Gasteiger partial charge in [0.2, 0.25) is 5.69 Å². The van der Waals surface area contributed by atoms with E-state index in [1.807, 2.05) is 30.3 Å². The van der Waals surface area contributed by atoms with Gasteiger partial charge >= 0.3 is 5.69 Å². The third kappa shape index (κ3) is 3.23. The van der Waals surface area contributed by atoms with Crippen molar-refractivity contribution in [3.8, 4) is 0 Å². The lowest BCUT2D eigenvalue weighted by Crippen LogP contribution is -2.13. The minimum Gasteiger partial charge on any atom is -0.318 e. The number of H-pyrrole nitrogens is 1. The zero-order valence-electron chi connectivity index (χ0n) is 11.8. The summed E-state index contributed by atoms with van der Waals surface area (Å²) < 4.78 is 1.66. The smallest absolute Gasteiger partial charge is 0.318 e. The van der Waals surface area contributed by atoms with Crippen LogP contribution in [0.2, 0.25) is 0 Å². The van der Waals surface area contributed by atoms with E-state index in [1.165, 1.54) is 6.20 Å². The lowest BCUT2D eigenvalue weighted by molar-refractivity contribution is -0.385. The van der Waals surface area contributed by atoms with Crippen molar-refractivity contribution < 1.29 is 9.72 Å². The van der Waals surface area contributed by atoms with Crippen molar-refractivity contribution in [1.29, 1.82) is 0 Å². The van der Waals surface area contributed by atoms with Crippen LogP contribution in [0.5, 0.6) is 0 Å². The number of nitrogens with one attached hydrogen (secondary N) is 2. The highest BCUT2D eigenvalue weighted by atomic mass is 16.6. The van der Waals surface area contributed by atoms with E-state index in [2.05, 4.69) is 20.6 Å². The Morgan fingerprint density at radius 3 is 2.83 bits per heavy atom. The second-order valence-corrected chi connectivity index (χ2v) is 4.75. The second kappa shape index (κ2) is 6.10. The topological polar surface area (TPSA) is 119 Å². The first-order valence-corrected chi connectivity index (χ1v) is 6.69. The lowest BCUT2D eigenvalue weighted by Gasteiger charge is -2.01. The molecule has 2 N–H and O–H groups in total.